The van der Waals surface area contributed by atoms with Crippen LogP contribution in [0.1, 0.15) is 12.8 Å². The molecular weight excluding hydrogens is 334 g/mol. The molecule has 0 aliphatic heterocycles. The molecule has 0 unspecified atom stereocenters. The van der Waals surface area contributed by atoms with Crippen molar-refractivity contribution in [3.8, 4) is 11.5 Å². The van der Waals surface area contributed by atoms with Gasteiger partial charge in [0.15, 0.2) is 6.61 Å². The molecule has 2 rings (SSSR count). The zero-order valence-corrected chi connectivity index (χ0v) is 15.0. The molecule has 6 heteroatoms. The fourth-order valence-electron chi connectivity index (χ4n) is 2.19. The lowest BCUT2D eigenvalue weighted by molar-refractivity contribution is -0.148. The molecule has 6 nitrogen and oxygen atoms in total. The Kier molecular flexibility index (Phi) is 7.49. The molecule has 0 aliphatic rings. The summed E-state index contributed by atoms with van der Waals surface area (Å²) in [5.74, 6) is 0.766. The number of anilines is 1. The summed E-state index contributed by atoms with van der Waals surface area (Å²) in [5, 5.41) is 0. The lowest BCUT2D eigenvalue weighted by Gasteiger charge is -2.17. The van der Waals surface area contributed by atoms with Gasteiger partial charge in [0.25, 0.3) is 5.91 Å². The third kappa shape index (κ3) is 6.12. The summed E-state index contributed by atoms with van der Waals surface area (Å²) in [6.07, 6.45) is 0.700. The number of likely N-dealkylation sites (N-methyl/N-ethyl adjacent to an activating group) is 1. The van der Waals surface area contributed by atoms with Crippen LogP contribution in [0.25, 0.3) is 0 Å². The van der Waals surface area contributed by atoms with E-state index in [1.165, 1.54) is 4.90 Å². The highest BCUT2D eigenvalue weighted by molar-refractivity contribution is 5.94. The first-order chi connectivity index (χ1) is 12.6. The maximum Gasteiger partial charge on any atom is 0.306 e. The average Bonchev–Trinajstić information content (AvgIpc) is 2.70. The van der Waals surface area contributed by atoms with Crippen LogP contribution in [0.2, 0.25) is 0 Å². The van der Waals surface area contributed by atoms with E-state index < -0.39 is 5.97 Å². The van der Waals surface area contributed by atoms with Crippen LogP contribution in [-0.2, 0) is 14.3 Å². The minimum atomic E-state index is -0.418. The van der Waals surface area contributed by atoms with E-state index in [9.17, 15) is 9.59 Å². The summed E-state index contributed by atoms with van der Waals surface area (Å²) in [4.78, 5) is 25.2. The molecule has 0 heterocycles. The normalized spacial score (nSPS) is 10.1. The van der Waals surface area contributed by atoms with E-state index in [1.807, 2.05) is 30.3 Å². The molecular formula is C20H23NO5. The number of esters is 1. The second kappa shape index (κ2) is 10.1. The number of carbonyl (C=O) groups is 2. The molecule has 0 saturated carbocycles. The molecule has 0 bridgehead atoms. The fourth-order valence-corrected chi connectivity index (χ4v) is 2.19. The molecule has 26 heavy (non-hydrogen) atoms. The molecule has 0 radical (unpaired) electrons. The van der Waals surface area contributed by atoms with Crippen molar-refractivity contribution in [3.63, 3.8) is 0 Å². The Labute approximate surface area is 153 Å². The number of benzene rings is 2. The average molecular weight is 357 g/mol. The van der Waals surface area contributed by atoms with Gasteiger partial charge in [0.2, 0.25) is 0 Å². The Hall–Kier alpha value is -3.02. The lowest BCUT2D eigenvalue weighted by atomic mass is 10.3. The topological polar surface area (TPSA) is 65.1 Å². The van der Waals surface area contributed by atoms with Gasteiger partial charge >= 0.3 is 5.97 Å². The van der Waals surface area contributed by atoms with Gasteiger partial charge in [-0.2, -0.15) is 0 Å². The van der Waals surface area contributed by atoms with E-state index in [0.717, 1.165) is 11.4 Å². The Balaban J connectivity index is 1.63. The molecule has 2 aromatic carbocycles. The van der Waals surface area contributed by atoms with Gasteiger partial charge in [-0.1, -0.05) is 18.2 Å². The third-order valence-electron chi connectivity index (χ3n) is 3.73. The Morgan fingerprint density at radius 3 is 2.27 bits per heavy atom. The van der Waals surface area contributed by atoms with Crippen LogP contribution in [0.15, 0.2) is 54.6 Å². The molecule has 0 fully saturated rings. The van der Waals surface area contributed by atoms with Gasteiger partial charge in [0.1, 0.15) is 11.5 Å². The molecule has 2 aromatic rings. The summed E-state index contributed by atoms with van der Waals surface area (Å²) in [5.41, 5.74) is 0.751. The number of amides is 1. The van der Waals surface area contributed by atoms with Crippen molar-refractivity contribution < 1.29 is 23.8 Å². The van der Waals surface area contributed by atoms with Crippen LogP contribution in [0.5, 0.6) is 11.5 Å². The predicted molar refractivity (Wildman–Crippen MR) is 98.5 cm³/mol. The van der Waals surface area contributed by atoms with E-state index in [0.29, 0.717) is 18.8 Å². The maximum atomic E-state index is 12.0. The van der Waals surface area contributed by atoms with Crippen LogP contribution in [0.4, 0.5) is 5.69 Å². The van der Waals surface area contributed by atoms with Crippen LogP contribution in [-0.4, -0.2) is 39.2 Å². The highest BCUT2D eigenvalue weighted by Crippen LogP contribution is 2.17. The van der Waals surface area contributed by atoms with Crippen LogP contribution in [0, 0.1) is 0 Å². The number of nitrogens with zero attached hydrogens (tertiary/aromatic N) is 1. The van der Waals surface area contributed by atoms with Crippen molar-refractivity contribution in [1.29, 1.82) is 0 Å². The van der Waals surface area contributed by atoms with Gasteiger partial charge in [-0.3, -0.25) is 9.59 Å². The van der Waals surface area contributed by atoms with Gasteiger partial charge in [-0.25, -0.2) is 0 Å². The van der Waals surface area contributed by atoms with Crippen molar-refractivity contribution >= 4 is 17.6 Å². The largest absolute Gasteiger partial charge is 0.497 e. The number of methoxy groups -OCH3 is 1. The lowest BCUT2D eigenvalue weighted by Crippen LogP contribution is -2.31. The number of hydrogen-bond donors (Lipinski definition) is 0. The zero-order chi connectivity index (χ0) is 18.8. The van der Waals surface area contributed by atoms with Crippen LogP contribution in [0.3, 0.4) is 0 Å². The summed E-state index contributed by atoms with van der Waals surface area (Å²) in [7, 11) is 3.25. The van der Waals surface area contributed by atoms with E-state index in [-0.39, 0.29) is 18.9 Å². The van der Waals surface area contributed by atoms with Gasteiger partial charge < -0.3 is 19.1 Å². The standard InChI is InChI=1S/C20H23NO5/c1-21(16-7-4-3-5-8-16)19(22)15-26-20(23)9-6-14-25-18-12-10-17(24-2)11-13-18/h3-5,7-8,10-13H,6,9,14-15H2,1-2H3. The van der Waals surface area contributed by atoms with Crippen molar-refractivity contribution in [2.24, 2.45) is 0 Å². The smallest absolute Gasteiger partial charge is 0.306 e. The van der Waals surface area contributed by atoms with E-state index in [4.69, 9.17) is 14.2 Å². The number of ether oxygens (including phenoxy) is 3. The highest BCUT2D eigenvalue weighted by Gasteiger charge is 2.13. The van der Waals surface area contributed by atoms with Crippen molar-refractivity contribution in [1.82, 2.24) is 0 Å². The summed E-state index contributed by atoms with van der Waals surface area (Å²) in [6.45, 7) is 0.114. The Morgan fingerprint density at radius 2 is 1.62 bits per heavy atom. The van der Waals surface area contributed by atoms with E-state index >= 15 is 0 Å². The number of rotatable bonds is 9. The first kappa shape index (κ1) is 19.3. The van der Waals surface area contributed by atoms with Crippen molar-refractivity contribution in [2.45, 2.75) is 12.8 Å². The second-order valence-electron chi connectivity index (χ2n) is 5.58. The van der Waals surface area contributed by atoms with Gasteiger partial charge in [0.05, 0.1) is 13.7 Å². The second-order valence-corrected chi connectivity index (χ2v) is 5.58. The number of carbonyl (C=O) groups excluding carboxylic acids is 2. The minimum Gasteiger partial charge on any atom is -0.497 e. The molecule has 138 valence electrons. The van der Waals surface area contributed by atoms with Crippen molar-refractivity contribution in [3.05, 3.63) is 54.6 Å². The monoisotopic (exact) mass is 357 g/mol. The third-order valence-corrected chi connectivity index (χ3v) is 3.73. The molecule has 0 aromatic heterocycles. The Bertz CT molecular complexity index is 700. The molecule has 0 atom stereocenters. The molecule has 0 N–H and O–H groups in total. The zero-order valence-electron chi connectivity index (χ0n) is 15.0. The first-order valence-corrected chi connectivity index (χ1v) is 8.34. The maximum absolute atomic E-state index is 12.0. The van der Waals surface area contributed by atoms with Crippen LogP contribution >= 0.6 is 0 Å². The SMILES string of the molecule is COc1ccc(OCCCC(=O)OCC(=O)N(C)c2ccccc2)cc1. The predicted octanol–water partition coefficient (Wildman–Crippen LogP) is 3.06. The first-order valence-electron chi connectivity index (χ1n) is 8.34. The van der Waals surface area contributed by atoms with E-state index in [2.05, 4.69) is 0 Å². The molecule has 1 amide bonds. The van der Waals surface area contributed by atoms with Gasteiger partial charge in [-0.05, 0) is 42.8 Å². The van der Waals surface area contributed by atoms with Gasteiger partial charge in [-0.15, -0.1) is 0 Å². The minimum absolute atomic E-state index is 0.193. The summed E-state index contributed by atoms with van der Waals surface area (Å²) in [6, 6.07) is 16.4. The van der Waals surface area contributed by atoms with Gasteiger partial charge in [0, 0.05) is 19.2 Å². The van der Waals surface area contributed by atoms with Crippen molar-refractivity contribution in [2.75, 3.05) is 32.3 Å². The summed E-state index contributed by atoms with van der Waals surface area (Å²) < 4.78 is 15.6. The fraction of sp³-hybridized carbons (Fsp3) is 0.300. The van der Waals surface area contributed by atoms with E-state index in [1.54, 1.807) is 38.4 Å². The number of hydrogen-bond acceptors (Lipinski definition) is 5. The van der Waals surface area contributed by atoms with Crippen LogP contribution < -0.4 is 14.4 Å². The molecule has 0 spiro atoms. The molecule has 0 saturated heterocycles. The number of para-hydroxylation sites is 1. The molecule has 0 aliphatic carbocycles. The quantitative estimate of drug-likeness (QED) is 0.510. The Morgan fingerprint density at radius 1 is 0.962 bits per heavy atom. The highest BCUT2D eigenvalue weighted by atomic mass is 16.5. The summed E-state index contributed by atoms with van der Waals surface area (Å²) >= 11 is 0.